The van der Waals surface area contributed by atoms with Gasteiger partial charge in [0, 0.05) is 39.4 Å². The van der Waals surface area contributed by atoms with Crippen LogP contribution in [-0.4, -0.2) is 47.1 Å². The van der Waals surface area contributed by atoms with Gasteiger partial charge in [-0.3, -0.25) is 19.1 Å². The van der Waals surface area contributed by atoms with Crippen molar-refractivity contribution in [1.82, 2.24) is 9.47 Å². The van der Waals surface area contributed by atoms with Crippen molar-refractivity contribution in [2.75, 3.05) is 32.7 Å². The number of thioether (sulfide) groups is 1. The number of amides is 1. The SMILES string of the molecule is COCCCN1C(=O)/C(=C\c2c(C)c(C#N)c(=O)n(C)c2NCc2ccc(OC)cc2)SC1=S. The highest BCUT2D eigenvalue weighted by atomic mass is 32.2. The van der Waals surface area contributed by atoms with Crippen LogP contribution in [0.4, 0.5) is 5.82 Å². The summed E-state index contributed by atoms with van der Waals surface area (Å²) >= 11 is 6.62. The number of nitrogens with zero attached hydrogens (tertiary/aromatic N) is 3. The minimum atomic E-state index is -0.401. The fourth-order valence-electron chi connectivity index (χ4n) is 3.56. The van der Waals surface area contributed by atoms with Crippen molar-refractivity contribution in [2.24, 2.45) is 7.05 Å². The second-order valence-corrected chi connectivity index (χ2v) is 9.30. The van der Waals surface area contributed by atoms with Crippen molar-refractivity contribution >= 4 is 46.1 Å². The Balaban J connectivity index is 1.99. The monoisotopic (exact) mass is 498 g/mol. The predicted octanol–water partition coefficient (Wildman–Crippen LogP) is 3.42. The van der Waals surface area contributed by atoms with Crippen LogP contribution in [0.15, 0.2) is 34.0 Å². The highest BCUT2D eigenvalue weighted by molar-refractivity contribution is 8.26. The Hall–Kier alpha value is -3.13. The van der Waals surface area contributed by atoms with Gasteiger partial charge >= 0.3 is 0 Å². The lowest BCUT2D eigenvalue weighted by atomic mass is 10.0. The minimum Gasteiger partial charge on any atom is -0.497 e. The van der Waals surface area contributed by atoms with Gasteiger partial charge in [0.2, 0.25) is 0 Å². The molecule has 10 heteroatoms. The maximum atomic E-state index is 13.0. The van der Waals surface area contributed by atoms with Crippen molar-refractivity contribution < 1.29 is 14.3 Å². The zero-order valence-corrected chi connectivity index (χ0v) is 21.1. The molecule has 1 aliphatic heterocycles. The number of aromatic nitrogens is 1. The number of hydrogen-bond acceptors (Lipinski definition) is 8. The van der Waals surface area contributed by atoms with E-state index in [0.29, 0.717) is 52.3 Å². The molecule has 1 aromatic heterocycles. The molecule has 0 spiro atoms. The summed E-state index contributed by atoms with van der Waals surface area (Å²) in [5.41, 5.74) is 1.73. The number of carbonyl (C=O) groups excluding carboxylic acids is 1. The summed E-state index contributed by atoms with van der Waals surface area (Å²) in [6, 6.07) is 9.56. The average Bonchev–Trinajstić information content (AvgIpc) is 3.10. The number of ether oxygens (including phenoxy) is 2. The van der Waals surface area contributed by atoms with Gasteiger partial charge in [-0.2, -0.15) is 5.26 Å². The fraction of sp³-hybridized carbons (Fsp3) is 0.333. The maximum Gasteiger partial charge on any atom is 0.270 e. The number of benzene rings is 1. The maximum absolute atomic E-state index is 13.0. The third kappa shape index (κ3) is 5.33. The number of rotatable bonds is 9. The van der Waals surface area contributed by atoms with Gasteiger partial charge in [-0.05, 0) is 42.7 Å². The highest BCUT2D eigenvalue weighted by Crippen LogP contribution is 2.35. The summed E-state index contributed by atoms with van der Waals surface area (Å²) in [5, 5.41) is 12.9. The average molecular weight is 499 g/mol. The lowest BCUT2D eigenvalue weighted by molar-refractivity contribution is -0.122. The molecular weight excluding hydrogens is 472 g/mol. The molecule has 34 heavy (non-hydrogen) atoms. The number of nitrogens with one attached hydrogen (secondary N) is 1. The van der Waals surface area contributed by atoms with Crippen molar-refractivity contribution in [1.29, 1.82) is 5.26 Å². The summed E-state index contributed by atoms with van der Waals surface area (Å²) in [7, 11) is 4.82. The van der Waals surface area contributed by atoms with Crippen LogP contribution in [0.25, 0.3) is 6.08 Å². The molecule has 0 unspecified atom stereocenters. The Morgan fingerprint density at radius 1 is 1.24 bits per heavy atom. The molecule has 0 bridgehead atoms. The normalized spacial score (nSPS) is 14.6. The van der Waals surface area contributed by atoms with E-state index in [1.807, 2.05) is 30.3 Å². The molecule has 1 aliphatic rings. The smallest absolute Gasteiger partial charge is 0.270 e. The summed E-state index contributed by atoms with van der Waals surface area (Å²) in [5.74, 6) is 1.07. The lowest BCUT2D eigenvalue weighted by Crippen LogP contribution is -2.29. The van der Waals surface area contributed by atoms with Crippen molar-refractivity contribution in [3.63, 3.8) is 0 Å². The van der Waals surface area contributed by atoms with E-state index in [0.717, 1.165) is 11.3 Å². The van der Waals surface area contributed by atoms with Gasteiger partial charge in [-0.1, -0.05) is 36.1 Å². The van der Waals surface area contributed by atoms with Gasteiger partial charge < -0.3 is 14.8 Å². The van der Waals surface area contributed by atoms with E-state index in [1.54, 1.807) is 39.2 Å². The van der Waals surface area contributed by atoms with Crippen LogP contribution >= 0.6 is 24.0 Å². The van der Waals surface area contributed by atoms with Crippen LogP contribution in [-0.2, 0) is 23.1 Å². The van der Waals surface area contributed by atoms with Crippen LogP contribution in [0.2, 0.25) is 0 Å². The molecule has 1 amide bonds. The standard InChI is InChI=1S/C24H26N4O4S2/c1-15-18(12-20-23(30)28(24(33)34-20)10-5-11-31-3)21(27(2)22(29)19(15)13-25)26-14-16-6-8-17(32-4)9-7-16/h6-9,12,26H,5,10-11,14H2,1-4H3/b20-12+. The van der Waals surface area contributed by atoms with E-state index in [1.165, 1.54) is 16.3 Å². The second-order valence-electron chi connectivity index (χ2n) is 7.62. The largest absolute Gasteiger partial charge is 0.497 e. The van der Waals surface area contributed by atoms with Crippen molar-refractivity contribution in [3.8, 4) is 11.8 Å². The number of methoxy groups -OCH3 is 2. The molecule has 1 saturated heterocycles. The first-order chi connectivity index (χ1) is 16.3. The van der Waals surface area contributed by atoms with Gasteiger partial charge in [-0.25, -0.2) is 0 Å². The van der Waals surface area contributed by atoms with Gasteiger partial charge in [0.1, 0.15) is 27.5 Å². The minimum absolute atomic E-state index is 0.0410. The third-order valence-electron chi connectivity index (χ3n) is 5.50. The number of anilines is 1. The number of hydrogen-bond donors (Lipinski definition) is 1. The highest BCUT2D eigenvalue weighted by Gasteiger charge is 2.32. The number of pyridine rings is 1. The van der Waals surface area contributed by atoms with E-state index < -0.39 is 5.56 Å². The van der Waals surface area contributed by atoms with Crippen LogP contribution in [0.5, 0.6) is 5.75 Å². The first-order valence-corrected chi connectivity index (χ1v) is 11.8. The molecule has 3 rings (SSSR count). The number of carbonyl (C=O) groups is 1. The van der Waals surface area contributed by atoms with Crippen molar-refractivity contribution in [3.05, 3.63) is 61.8 Å². The molecule has 1 N–H and O–H groups in total. The third-order valence-corrected chi connectivity index (χ3v) is 6.88. The Morgan fingerprint density at radius 2 is 1.94 bits per heavy atom. The molecule has 0 atom stereocenters. The molecule has 1 fully saturated rings. The first kappa shape index (κ1) is 25.5. The van der Waals surface area contributed by atoms with Crippen LogP contribution in [0, 0.1) is 18.3 Å². The van der Waals surface area contributed by atoms with Gasteiger partial charge in [-0.15, -0.1) is 0 Å². The van der Waals surface area contributed by atoms with Gasteiger partial charge in [0.15, 0.2) is 0 Å². The Morgan fingerprint density at radius 3 is 2.56 bits per heavy atom. The first-order valence-electron chi connectivity index (χ1n) is 10.6. The zero-order valence-electron chi connectivity index (χ0n) is 19.5. The van der Waals surface area contributed by atoms with Crippen molar-refractivity contribution in [2.45, 2.75) is 19.9 Å². The van der Waals surface area contributed by atoms with E-state index >= 15 is 0 Å². The van der Waals surface area contributed by atoms with Crippen LogP contribution < -0.4 is 15.6 Å². The van der Waals surface area contributed by atoms with E-state index in [2.05, 4.69) is 5.32 Å². The van der Waals surface area contributed by atoms with Gasteiger partial charge in [0.05, 0.1) is 12.0 Å². The van der Waals surface area contributed by atoms with Crippen LogP contribution in [0.1, 0.15) is 28.7 Å². The second kappa shape index (κ2) is 11.3. The fourth-order valence-corrected chi connectivity index (χ4v) is 4.86. The van der Waals surface area contributed by atoms with Crippen LogP contribution in [0.3, 0.4) is 0 Å². The number of thiocarbonyl (C=S) groups is 1. The molecule has 0 radical (unpaired) electrons. The Kier molecular flexibility index (Phi) is 8.50. The summed E-state index contributed by atoms with van der Waals surface area (Å²) < 4.78 is 12.1. The predicted molar refractivity (Wildman–Crippen MR) is 138 cm³/mol. The summed E-state index contributed by atoms with van der Waals surface area (Å²) in [4.78, 5) is 27.8. The topological polar surface area (TPSA) is 96.6 Å². The summed E-state index contributed by atoms with van der Waals surface area (Å²) in [6.45, 7) is 3.14. The lowest BCUT2D eigenvalue weighted by Gasteiger charge is -2.18. The molecule has 2 aromatic rings. The molecule has 1 aromatic carbocycles. The summed E-state index contributed by atoms with van der Waals surface area (Å²) in [6.07, 6.45) is 2.38. The molecule has 8 nitrogen and oxygen atoms in total. The molecule has 178 valence electrons. The Bertz CT molecular complexity index is 1230. The van der Waals surface area contributed by atoms with E-state index in [9.17, 15) is 14.9 Å². The van der Waals surface area contributed by atoms with E-state index in [4.69, 9.17) is 21.7 Å². The van der Waals surface area contributed by atoms with E-state index in [-0.39, 0.29) is 11.5 Å². The molecule has 2 heterocycles. The molecule has 0 saturated carbocycles. The zero-order chi connectivity index (χ0) is 24.8. The number of nitriles is 1. The van der Waals surface area contributed by atoms with Gasteiger partial charge in [0.25, 0.3) is 11.5 Å². The molecular formula is C24H26N4O4S2. The quantitative estimate of drug-likeness (QED) is 0.319. The Labute approximate surface area is 208 Å². The molecule has 0 aliphatic carbocycles.